The van der Waals surface area contributed by atoms with Gasteiger partial charge < -0.3 is 9.80 Å². The standard InChI is InChI=1S/C21H24FN7O/c1-26(2)21(30)29-15-16(13-25-29)14-27-9-11-28(12-10-27)20-19(23-7-8-24-20)17-3-5-18(22)6-4-17/h3-8,13,15H,9-12,14H2,1-2H3. The summed E-state index contributed by atoms with van der Waals surface area (Å²) >= 11 is 0. The zero-order valence-electron chi connectivity index (χ0n) is 17.1. The van der Waals surface area contributed by atoms with Crippen LogP contribution in [0.2, 0.25) is 0 Å². The van der Waals surface area contributed by atoms with Crippen molar-refractivity contribution in [3.8, 4) is 11.3 Å². The Morgan fingerprint density at radius 2 is 1.77 bits per heavy atom. The van der Waals surface area contributed by atoms with Gasteiger partial charge in [-0.05, 0) is 24.3 Å². The molecule has 3 heterocycles. The van der Waals surface area contributed by atoms with Gasteiger partial charge in [0.2, 0.25) is 0 Å². The van der Waals surface area contributed by atoms with Gasteiger partial charge in [0.15, 0.2) is 5.82 Å². The summed E-state index contributed by atoms with van der Waals surface area (Å²) in [5.41, 5.74) is 2.61. The van der Waals surface area contributed by atoms with Crippen LogP contribution >= 0.6 is 0 Å². The van der Waals surface area contributed by atoms with Gasteiger partial charge in [0.1, 0.15) is 11.5 Å². The van der Waals surface area contributed by atoms with E-state index in [1.165, 1.54) is 21.7 Å². The van der Waals surface area contributed by atoms with Crippen LogP contribution in [0, 0.1) is 5.82 Å². The molecule has 0 spiro atoms. The molecular weight excluding hydrogens is 385 g/mol. The summed E-state index contributed by atoms with van der Waals surface area (Å²) in [5, 5.41) is 4.16. The summed E-state index contributed by atoms with van der Waals surface area (Å²) < 4.78 is 14.6. The molecule has 156 valence electrons. The summed E-state index contributed by atoms with van der Waals surface area (Å²) in [7, 11) is 3.41. The van der Waals surface area contributed by atoms with Gasteiger partial charge in [0, 0.05) is 76.5 Å². The van der Waals surface area contributed by atoms with Crippen LogP contribution in [0.15, 0.2) is 49.1 Å². The van der Waals surface area contributed by atoms with E-state index in [0.717, 1.165) is 55.4 Å². The third-order valence-electron chi connectivity index (χ3n) is 5.09. The van der Waals surface area contributed by atoms with Crippen molar-refractivity contribution in [1.29, 1.82) is 0 Å². The van der Waals surface area contributed by atoms with Crippen molar-refractivity contribution < 1.29 is 9.18 Å². The Hall–Kier alpha value is -3.33. The van der Waals surface area contributed by atoms with E-state index in [2.05, 4.69) is 24.9 Å². The molecule has 0 unspecified atom stereocenters. The number of hydrogen-bond acceptors (Lipinski definition) is 6. The SMILES string of the molecule is CN(C)C(=O)n1cc(CN2CCN(c3nccnc3-c3ccc(F)cc3)CC2)cn1. The topological polar surface area (TPSA) is 70.4 Å². The summed E-state index contributed by atoms with van der Waals surface area (Å²) in [6, 6.07) is 6.17. The molecule has 3 aromatic rings. The number of amides is 1. The highest BCUT2D eigenvalue weighted by molar-refractivity contribution is 5.75. The third kappa shape index (κ3) is 4.30. The molecule has 0 bridgehead atoms. The van der Waals surface area contributed by atoms with Crippen LogP contribution in [0.25, 0.3) is 11.3 Å². The van der Waals surface area contributed by atoms with E-state index in [4.69, 9.17) is 0 Å². The molecule has 1 aliphatic rings. The quantitative estimate of drug-likeness (QED) is 0.659. The van der Waals surface area contributed by atoms with Crippen molar-refractivity contribution >= 4 is 11.8 Å². The van der Waals surface area contributed by atoms with Crippen LogP contribution in [-0.2, 0) is 6.54 Å². The van der Waals surface area contributed by atoms with Gasteiger partial charge in [-0.3, -0.25) is 9.88 Å². The summed E-state index contributed by atoms with van der Waals surface area (Å²) in [4.78, 5) is 27.1. The van der Waals surface area contributed by atoms with Gasteiger partial charge in [-0.1, -0.05) is 0 Å². The fraction of sp³-hybridized carbons (Fsp3) is 0.333. The Bertz CT molecular complexity index is 1010. The van der Waals surface area contributed by atoms with E-state index in [1.807, 2.05) is 0 Å². The predicted octanol–water partition coefficient (Wildman–Crippen LogP) is 2.33. The van der Waals surface area contributed by atoms with E-state index in [-0.39, 0.29) is 11.8 Å². The molecule has 0 aliphatic carbocycles. The monoisotopic (exact) mass is 409 g/mol. The molecule has 1 fully saturated rings. The number of anilines is 1. The molecule has 0 atom stereocenters. The molecule has 4 rings (SSSR count). The van der Waals surface area contributed by atoms with Gasteiger partial charge in [-0.2, -0.15) is 9.78 Å². The number of piperazine rings is 1. The number of carbonyl (C=O) groups excluding carboxylic acids is 1. The Kier molecular flexibility index (Phi) is 5.71. The van der Waals surface area contributed by atoms with E-state index in [9.17, 15) is 9.18 Å². The van der Waals surface area contributed by atoms with Crippen LogP contribution in [0.3, 0.4) is 0 Å². The molecule has 1 amide bonds. The molecule has 1 saturated heterocycles. The van der Waals surface area contributed by atoms with E-state index in [0.29, 0.717) is 0 Å². The summed E-state index contributed by atoms with van der Waals surface area (Å²) in [6.07, 6.45) is 6.86. The highest BCUT2D eigenvalue weighted by atomic mass is 19.1. The van der Waals surface area contributed by atoms with Crippen molar-refractivity contribution in [2.45, 2.75) is 6.54 Å². The second kappa shape index (κ2) is 8.58. The van der Waals surface area contributed by atoms with Gasteiger partial charge in [0.25, 0.3) is 0 Å². The Morgan fingerprint density at radius 3 is 2.47 bits per heavy atom. The number of nitrogens with zero attached hydrogens (tertiary/aromatic N) is 7. The average molecular weight is 409 g/mol. The number of benzene rings is 1. The third-order valence-corrected chi connectivity index (χ3v) is 5.09. The van der Waals surface area contributed by atoms with Gasteiger partial charge in [-0.15, -0.1) is 0 Å². The molecule has 0 N–H and O–H groups in total. The smallest absolute Gasteiger partial charge is 0.344 e. The molecule has 2 aromatic heterocycles. The minimum absolute atomic E-state index is 0.165. The van der Waals surface area contributed by atoms with Gasteiger partial charge in [0.05, 0.1) is 6.20 Å². The fourth-order valence-corrected chi connectivity index (χ4v) is 3.50. The van der Waals surface area contributed by atoms with Crippen molar-refractivity contribution in [3.63, 3.8) is 0 Å². The predicted molar refractivity (Wildman–Crippen MR) is 112 cm³/mol. The lowest BCUT2D eigenvalue weighted by Crippen LogP contribution is -2.46. The zero-order valence-corrected chi connectivity index (χ0v) is 17.1. The maximum atomic E-state index is 13.3. The van der Waals surface area contributed by atoms with Crippen LogP contribution in [0.1, 0.15) is 5.56 Å². The van der Waals surface area contributed by atoms with Crippen LogP contribution < -0.4 is 4.90 Å². The van der Waals surface area contributed by atoms with E-state index in [1.54, 1.807) is 51.0 Å². The molecule has 9 heteroatoms. The lowest BCUT2D eigenvalue weighted by molar-refractivity contribution is 0.215. The summed E-state index contributed by atoms with van der Waals surface area (Å²) in [5.74, 6) is 0.543. The first kappa shape index (κ1) is 20.0. The molecule has 30 heavy (non-hydrogen) atoms. The van der Waals surface area contributed by atoms with E-state index < -0.39 is 0 Å². The van der Waals surface area contributed by atoms with E-state index >= 15 is 0 Å². The number of carbonyl (C=O) groups is 1. The molecule has 1 aliphatic heterocycles. The number of halogens is 1. The largest absolute Gasteiger partial charge is 0.352 e. The van der Waals surface area contributed by atoms with Crippen LogP contribution in [-0.4, -0.2) is 75.9 Å². The average Bonchev–Trinajstić information content (AvgIpc) is 3.22. The Balaban J connectivity index is 1.41. The highest BCUT2D eigenvalue weighted by Gasteiger charge is 2.22. The zero-order chi connectivity index (χ0) is 21.1. The first-order valence-electron chi connectivity index (χ1n) is 9.81. The van der Waals surface area contributed by atoms with Crippen molar-refractivity contribution in [3.05, 3.63) is 60.4 Å². The Labute approximate surface area is 174 Å². The normalized spacial score (nSPS) is 14.7. The molecule has 8 nitrogen and oxygen atoms in total. The molecular formula is C21H24FN7O. The van der Waals surface area contributed by atoms with Crippen molar-refractivity contribution in [2.24, 2.45) is 0 Å². The second-order valence-electron chi connectivity index (χ2n) is 7.47. The first-order valence-corrected chi connectivity index (χ1v) is 9.81. The molecule has 0 radical (unpaired) electrons. The van der Waals surface area contributed by atoms with Crippen molar-refractivity contribution in [1.82, 2.24) is 29.5 Å². The fourth-order valence-electron chi connectivity index (χ4n) is 3.50. The molecule has 1 aromatic carbocycles. The minimum Gasteiger partial charge on any atom is -0.352 e. The summed E-state index contributed by atoms with van der Waals surface area (Å²) in [6.45, 7) is 4.05. The van der Waals surface area contributed by atoms with Crippen LogP contribution in [0.4, 0.5) is 15.0 Å². The minimum atomic E-state index is -0.270. The second-order valence-corrected chi connectivity index (χ2v) is 7.47. The van der Waals surface area contributed by atoms with Crippen LogP contribution in [0.5, 0.6) is 0 Å². The highest BCUT2D eigenvalue weighted by Crippen LogP contribution is 2.27. The number of hydrogen-bond donors (Lipinski definition) is 0. The Morgan fingerprint density at radius 1 is 1.07 bits per heavy atom. The van der Waals surface area contributed by atoms with Gasteiger partial charge >= 0.3 is 6.03 Å². The maximum absolute atomic E-state index is 13.3. The molecule has 0 saturated carbocycles. The lowest BCUT2D eigenvalue weighted by atomic mass is 10.1. The van der Waals surface area contributed by atoms with Gasteiger partial charge in [-0.25, -0.2) is 14.2 Å². The number of aromatic nitrogens is 4. The maximum Gasteiger partial charge on any atom is 0.344 e. The van der Waals surface area contributed by atoms with Crippen molar-refractivity contribution in [2.75, 3.05) is 45.2 Å². The first-order chi connectivity index (χ1) is 14.5. The number of rotatable bonds is 4. The lowest BCUT2D eigenvalue weighted by Gasteiger charge is -2.35.